The first-order chi connectivity index (χ1) is 11.3. The van der Waals surface area contributed by atoms with E-state index in [0.717, 1.165) is 27.4 Å². The van der Waals surface area contributed by atoms with E-state index in [0.29, 0.717) is 10.9 Å². The first-order valence-electron chi connectivity index (χ1n) is 7.03. The van der Waals surface area contributed by atoms with Gasteiger partial charge in [0.1, 0.15) is 10.5 Å². The van der Waals surface area contributed by atoms with Gasteiger partial charge in [0.25, 0.3) is 0 Å². The predicted octanol–water partition coefficient (Wildman–Crippen LogP) is 5.78. The SMILES string of the molecule is Clc1ccc2oc(/C=C/c3csc(-c4ccccc4)n3)nc2c1. The van der Waals surface area contributed by atoms with Crippen LogP contribution >= 0.6 is 22.9 Å². The molecule has 0 spiro atoms. The summed E-state index contributed by atoms with van der Waals surface area (Å²) < 4.78 is 5.66. The smallest absolute Gasteiger partial charge is 0.220 e. The third-order valence-electron chi connectivity index (χ3n) is 3.31. The van der Waals surface area contributed by atoms with Crippen LogP contribution in [0.4, 0.5) is 0 Å². The fourth-order valence-corrected chi connectivity index (χ4v) is 3.18. The summed E-state index contributed by atoms with van der Waals surface area (Å²) in [5.74, 6) is 0.538. The predicted molar refractivity (Wildman–Crippen MR) is 95.5 cm³/mol. The van der Waals surface area contributed by atoms with E-state index in [4.69, 9.17) is 16.0 Å². The number of rotatable bonds is 3. The number of oxazole rings is 1. The van der Waals surface area contributed by atoms with Crippen LogP contribution < -0.4 is 0 Å². The lowest BCUT2D eigenvalue weighted by Crippen LogP contribution is -1.76. The number of hydrogen-bond acceptors (Lipinski definition) is 4. The summed E-state index contributed by atoms with van der Waals surface area (Å²) in [5, 5.41) is 3.65. The third-order valence-corrected chi connectivity index (χ3v) is 4.45. The maximum atomic E-state index is 5.95. The van der Waals surface area contributed by atoms with Crippen LogP contribution in [0.25, 0.3) is 33.8 Å². The highest BCUT2D eigenvalue weighted by Gasteiger charge is 2.05. The quantitative estimate of drug-likeness (QED) is 0.475. The second kappa shape index (κ2) is 5.99. The Labute approximate surface area is 141 Å². The van der Waals surface area contributed by atoms with Crippen molar-refractivity contribution in [3.05, 3.63) is 70.5 Å². The van der Waals surface area contributed by atoms with Gasteiger partial charge in [-0.05, 0) is 24.3 Å². The highest BCUT2D eigenvalue weighted by atomic mass is 35.5. The van der Waals surface area contributed by atoms with Gasteiger partial charge in [0.2, 0.25) is 5.89 Å². The van der Waals surface area contributed by atoms with Crippen LogP contribution in [0.5, 0.6) is 0 Å². The lowest BCUT2D eigenvalue weighted by atomic mass is 10.2. The minimum atomic E-state index is 0.538. The van der Waals surface area contributed by atoms with Crippen molar-refractivity contribution in [3.8, 4) is 10.6 Å². The number of nitrogens with zero attached hydrogens (tertiary/aromatic N) is 2. The first-order valence-corrected chi connectivity index (χ1v) is 8.29. The number of aromatic nitrogens is 2. The Bertz CT molecular complexity index is 989. The Hall–Kier alpha value is -2.43. The minimum absolute atomic E-state index is 0.538. The lowest BCUT2D eigenvalue weighted by Gasteiger charge is -1.92. The van der Waals surface area contributed by atoms with Crippen molar-refractivity contribution in [2.24, 2.45) is 0 Å². The average Bonchev–Trinajstić information content (AvgIpc) is 3.20. The fourth-order valence-electron chi connectivity index (χ4n) is 2.22. The molecule has 2 aromatic carbocycles. The van der Waals surface area contributed by atoms with Gasteiger partial charge in [0.15, 0.2) is 5.58 Å². The monoisotopic (exact) mass is 338 g/mol. The molecule has 4 rings (SSSR count). The van der Waals surface area contributed by atoms with Crippen molar-refractivity contribution >= 4 is 46.2 Å². The van der Waals surface area contributed by atoms with Crippen molar-refractivity contribution in [1.29, 1.82) is 0 Å². The molecule has 0 unspecified atom stereocenters. The molecule has 0 radical (unpaired) electrons. The summed E-state index contributed by atoms with van der Waals surface area (Å²) >= 11 is 7.57. The number of thiazole rings is 1. The Morgan fingerprint density at radius 3 is 2.74 bits per heavy atom. The number of hydrogen-bond donors (Lipinski definition) is 0. The third kappa shape index (κ3) is 3.04. The highest BCUT2D eigenvalue weighted by Crippen LogP contribution is 2.25. The summed E-state index contributed by atoms with van der Waals surface area (Å²) in [4.78, 5) is 9.00. The van der Waals surface area contributed by atoms with E-state index in [2.05, 4.69) is 22.1 Å². The second-order valence-electron chi connectivity index (χ2n) is 4.94. The topological polar surface area (TPSA) is 38.9 Å². The van der Waals surface area contributed by atoms with Gasteiger partial charge in [-0.15, -0.1) is 11.3 Å². The van der Waals surface area contributed by atoms with Crippen molar-refractivity contribution < 1.29 is 4.42 Å². The molecule has 2 heterocycles. The second-order valence-corrected chi connectivity index (χ2v) is 6.24. The normalized spacial score (nSPS) is 11.5. The molecule has 0 amide bonds. The molecule has 0 saturated carbocycles. The fraction of sp³-hybridized carbons (Fsp3) is 0. The van der Waals surface area contributed by atoms with Gasteiger partial charge < -0.3 is 4.42 Å². The molecule has 23 heavy (non-hydrogen) atoms. The zero-order valence-corrected chi connectivity index (χ0v) is 13.5. The van der Waals surface area contributed by atoms with E-state index in [-0.39, 0.29) is 0 Å². The molecule has 2 aromatic heterocycles. The molecule has 0 aliphatic rings. The molecule has 5 heteroatoms. The van der Waals surface area contributed by atoms with Gasteiger partial charge >= 0.3 is 0 Å². The van der Waals surface area contributed by atoms with Gasteiger partial charge in [0, 0.05) is 22.0 Å². The number of benzene rings is 2. The van der Waals surface area contributed by atoms with Crippen molar-refractivity contribution in [2.45, 2.75) is 0 Å². The van der Waals surface area contributed by atoms with Gasteiger partial charge in [0.05, 0.1) is 5.69 Å². The molecular weight excluding hydrogens is 328 g/mol. The van der Waals surface area contributed by atoms with E-state index >= 15 is 0 Å². The van der Waals surface area contributed by atoms with Crippen LogP contribution in [0.3, 0.4) is 0 Å². The van der Waals surface area contributed by atoms with Crippen LogP contribution in [0, 0.1) is 0 Å². The van der Waals surface area contributed by atoms with Gasteiger partial charge in [-0.1, -0.05) is 41.9 Å². The van der Waals surface area contributed by atoms with E-state index in [1.165, 1.54) is 0 Å². The van der Waals surface area contributed by atoms with E-state index < -0.39 is 0 Å². The molecule has 4 aromatic rings. The van der Waals surface area contributed by atoms with Gasteiger partial charge in [-0.25, -0.2) is 9.97 Å². The number of halogens is 1. The summed E-state index contributed by atoms with van der Waals surface area (Å²) in [6.45, 7) is 0. The summed E-state index contributed by atoms with van der Waals surface area (Å²) in [7, 11) is 0. The van der Waals surface area contributed by atoms with E-state index in [9.17, 15) is 0 Å². The largest absolute Gasteiger partial charge is 0.437 e. The molecule has 0 bridgehead atoms. The maximum Gasteiger partial charge on any atom is 0.220 e. The average molecular weight is 339 g/mol. The Morgan fingerprint density at radius 2 is 1.87 bits per heavy atom. The Kier molecular flexibility index (Phi) is 3.69. The highest BCUT2D eigenvalue weighted by molar-refractivity contribution is 7.13. The molecular formula is C18H11ClN2OS. The maximum absolute atomic E-state index is 5.95. The standard InChI is InChI=1S/C18H11ClN2OS/c19-13-6-8-16-15(10-13)21-17(22-16)9-7-14-11-23-18(20-14)12-4-2-1-3-5-12/h1-11H/b9-7+. The summed E-state index contributed by atoms with van der Waals surface area (Å²) in [6, 6.07) is 15.5. The van der Waals surface area contributed by atoms with Crippen LogP contribution in [0.2, 0.25) is 5.02 Å². The summed E-state index contributed by atoms with van der Waals surface area (Å²) in [5.41, 5.74) is 3.47. The molecule has 0 aliphatic carbocycles. The van der Waals surface area contributed by atoms with Crippen LogP contribution in [-0.2, 0) is 0 Å². The Balaban J connectivity index is 1.59. The molecule has 0 atom stereocenters. The first kappa shape index (κ1) is 14.2. The molecule has 0 saturated heterocycles. The van der Waals surface area contributed by atoms with Crippen LogP contribution in [0.1, 0.15) is 11.6 Å². The Morgan fingerprint density at radius 1 is 1.00 bits per heavy atom. The van der Waals surface area contributed by atoms with Gasteiger partial charge in [-0.3, -0.25) is 0 Å². The van der Waals surface area contributed by atoms with E-state index in [1.807, 2.05) is 41.8 Å². The van der Waals surface area contributed by atoms with Crippen LogP contribution in [-0.4, -0.2) is 9.97 Å². The molecule has 0 fully saturated rings. The number of fused-ring (bicyclic) bond motifs is 1. The van der Waals surface area contributed by atoms with Crippen LogP contribution in [0.15, 0.2) is 58.3 Å². The molecule has 112 valence electrons. The lowest BCUT2D eigenvalue weighted by molar-refractivity contribution is 0.589. The van der Waals surface area contributed by atoms with Gasteiger partial charge in [-0.2, -0.15) is 0 Å². The molecule has 0 aliphatic heterocycles. The van der Waals surface area contributed by atoms with Crippen molar-refractivity contribution in [2.75, 3.05) is 0 Å². The van der Waals surface area contributed by atoms with Crippen molar-refractivity contribution in [1.82, 2.24) is 9.97 Å². The molecule has 0 N–H and O–H groups in total. The zero-order valence-electron chi connectivity index (χ0n) is 11.9. The molecule has 3 nitrogen and oxygen atoms in total. The van der Waals surface area contributed by atoms with Crippen molar-refractivity contribution in [3.63, 3.8) is 0 Å². The minimum Gasteiger partial charge on any atom is -0.437 e. The van der Waals surface area contributed by atoms with E-state index in [1.54, 1.807) is 23.5 Å². The zero-order chi connectivity index (χ0) is 15.6. The summed E-state index contributed by atoms with van der Waals surface area (Å²) in [6.07, 6.45) is 3.72.